The lowest BCUT2D eigenvalue weighted by Gasteiger charge is -2.27. The number of nitrogens with zero attached hydrogens (tertiary/aromatic N) is 2. The van der Waals surface area contributed by atoms with Crippen molar-refractivity contribution in [3.63, 3.8) is 0 Å². The van der Waals surface area contributed by atoms with Gasteiger partial charge in [-0.25, -0.2) is 4.39 Å². The van der Waals surface area contributed by atoms with Crippen LogP contribution in [0.1, 0.15) is 6.42 Å². The van der Waals surface area contributed by atoms with E-state index >= 15 is 0 Å². The molecular weight excluding hydrogens is 271 g/mol. The van der Waals surface area contributed by atoms with E-state index in [1.54, 1.807) is 23.9 Å². The third-order valence-electron chi connectivity index (χ3n) is 3.17. The molecular formula is C12H11FN2OS2. The Labute approximate surface area is 114 Å². The van der Waals surface area contributed by atoms with Crippen LogP contribution in [0, 0.1) is 5.82 Å². The predicted molar refractivity (Wildman–Crippen MR) is 74.1 cm³/mol. The lowest BCUT2D eigenvalue weighted by atomic mass is 10.2. The fraction of sp³-hybridized carbons (Fsp3) is 0.333. The van der Waals surface area contributed by atoms with Gasteiger partial charge in [0.15, 0.2) is 5.11 Å². The molecule has 3 nitrogen and oxygen atoms in total. The second-order valence-corrected chi connectivity index (χ2v) is 5.68. The molecule has 0 aromatic heterocycles. The predicted octanol–water partition coefficient (Wildman–Crippen LogP) is 2.22. The highest BCUT2D eigenvalue weighted by Gasteiger charge is 2.44. The van der Waals surface area contributed by atoms with Crippen LogP contribution in [-0.4, -0.2) is 33.6 Å². The Balaban J connectivity index is 1.95. The second kappa shape index (κ2) is 4.51. The normalized spacial score (nSPS) is 23.5. The maximum absolute atomic E-state index is 12.9. The lowest BCUT2D eigenvalue weighted by Crippen LogP contribution is -2.38. The van der Waals surface area contributed by atoms with Gasteiger partial charge in [0.05, 0.1) is 11.6 Å². The summed E-state index contributed by atoms with van der Waals surface area (Å²) in [5, 5.41) is 0.531. The van der Waals surface area contributed by atoms with E-state index in [9.17, 15) is 9.18 Å². The quantitative estimate of drug-likeness (QED) is 0.737. The average Bonchev–Trinajstić information content (AvgIpc) is 2.64. The fourth-order valence-electron chi connectivity index (χ4n) is 2.25. The van der Waals surface area contributed by atoms with Crippen molar-refractivity contribution in [1.29, 1.82) is 0 Å². The zero-order valence-electron chi connectivity index (χ0n) is 9.51. The number of carbonyl (C=O) groups is 1. The van der Waals surface area contributed by atoms with E-state index in [4.69, 9.17) is 12.2 Å². The number of halogens is 1. The zero-order chi connectivity index (χ0) is 12.7. The first-order valence-corrected chi connectivity index (χ1v) is 7.22. The molecule has 2 saturated heterocycles. The first-order chi connectivity index (χ1) is 8.68. The summed E-state index contributed by atoms with van der Waals surface area (Å²) in [5.41, 5.74) is 0.644. The van der Waals surface area contributed by atoms with Crippen molar-refractivity contribution < 1.29 is 9.18 Å². The maximum atomic E-state index is 12.9. The largest absolute Gasteiger partial charge is 0.327 e. The van der Waals surface area contributed by atoms with Crippen LogP contribution in [-0.2, 0) is 4.79 Å². The van der Waals surface area contributed by atoms with Gasteiger partial charge in [-0.3, -0.25) is 9.69 Å². The number of rotatable bonds is 1. The molecule has 1 atom stereocenters. The van der Waals surface area contributed by atoms with Crippen LogP contribution in [0.25, 0.3) is 0 Å². The number of benzene rings is 1. The van der Waals surface area contributed by atoms with Gasteiger partial charge in [0.2, 0.25) is 0 Å². The highest BCUT2D eigenvalue weighted by Crippen LogP contribution is 2.31. The molecule has 1 aromatic carbocycles. The number of carbonyl (C=O) groups excluding carboxylic acids is 1. The highest BCUT2D eigenvalue weighted by atomic mass is 32.2. The SMILES string of the molecule is O=C1C2CCSCN2C(=S)N1c1ccc(F)cc1. The van der Waals surface area contributed by atoms with Crippen LogP contribution in [0.3, 0.4) is 0 Å². The van der Waals surface area contributed by atoms with E-state index in [2.05, 4.69) is 0 Å². The van der Waals surface area contributed by atoms with E-state index in [1.807, 2.05) is 4.90 Å². The molecule has 2 fully saturated rings. The Hall–Kier alpha value is -1.14. The molecule has 2 aliphatic heterocycles. The van der Waals surface area contributed by atoms with Gasteiger partial charge in [0, 0.05) is 0 Å². The summed E-state index contributed by atoms with van der Waals surface area (Å²) in [5.74, 6) is 1.43. The van der Waals surface area contributed by atoms with Crippen molar-refractivity contribution in [2.45, 2.75) is 12.5 Å². The summed E-state index contributed by atoms with van der Waals surface area (Å²) < 4.78 is 12.9. The molecule has 0 bridgehead atoms. The molecule has 0 saturated carbocycles. The molecule has 1 aromatic rings. The third-order valence-corrected chi connectivity index (χ3v) is 4.57. The minimum absolute atomic E-state index is 0.00640. The Morgan fingerprint density at radius 3 is 2.72 bits per heavy atom. The minimum atomic E-state index is -0.315. The van der Waals surface area contributed by atoms with Crippen molar-refractivity contribution >= 4 is 40.7 Å². The standard InChI is InChI=1S/C12H11FN2OS2/c13-8-1-3-9(4-2-8)15-11(16)10-5-6-18-7-14(10)12(15)17/h1-4,10H,5-7H2. The number of fused-ring (bicyclic) bond motifs is 1. The highest BCUT2D eigenvalue weighted by molar-refractivity contribution is 7.99. The Bertz CT molecular complexity index is 481. The molecule has 1 amide bonds. The number of thioether (sulfide) groups is 1. The van der Waals surface area contributed by atoms with Crippen molar-refractivity contribution in [2.75, 3.05) is 16.5 Å². The van der Waals surface area contributed by atoms with E-state index in [-0.39, 0.29) is 17.8 Å². The maximum Gasteiger partial charge on any atom is 0.256 e. The molecule has 1 unspecified atom stereocenters. The zero-order valence-corrected chi connectivity index (χ0v) is 11.1. The first kappa shape index (κ1) is 11.9. The molecule has 0 aliphatic carbocycles. The van der Waals surface area contributed by atoms with Gasteiger partial charge in [-0.1, -0.05) is 0 Å². The topological polar surface area (TPSA) is 23.6 Å². The summed E-state index contributed by atoms with van der Waals surface area (Å²) >= 11 is 7.13. The molecule has 94 valence electrons. The Morgan fingerprint density at radius 1 is 1.33 bits per heavy atom. The van der Waals surface area contributed by atoms with Gasteiger partial charge < -0.3 is 4.90 Å². The number of hydrogen-bond acceptors (Lipinski definition) is 3. The van der Waals surface area contributed by atoms with Crippen LogP contribution in [0.5, 0.6) is 0 Å². The molecule has 0 N–H and O–H groups in total. The van der Waals surface area contributed by atoms with E-state index in [1.165, 1.54) is 17.0 Å². The van der Waals surface area contributed by atoms with E-state index in [0.717, 1.165) is 18.1 Å². The summed E-state index contributed by atoms with van der Waals surface area (Å²) in [6.07, 6.45) is 0.821. The minimum Gasteiger partial charge on any atom is -0.327 e. The molecule has 0 spiro atoms. The molecule has 0 radical (unpaired) electrons. The van der Waals surface area contributed by atoms with Gasteiger partial charge >= 0.3 is 0 Å². The van der Waals surface area contributed by atoms with Crippen molar-refractivity contribution in [3.8, 4) is 0 Å². The summed E-state index contributed by atoms with van der Waals surface area (Å²) in [7, 11) is 0. The summed E-state index contributed by atoms with van der Waals surface area (Å²) in [4.78, 5) is 15.8. The van der Waals surface area contributed by atoms with Gasteiger partial charge in [-0.15, -0.1) is 11.8 Å². The first-order valence-electron chi connectivity index (χ1n) is 5.66. The number of anilines is 1. The Kier molecular flexibility index (Phi) is 2.99. The number of hydrogen-bond donors (Lipinski definition) is 0. The summed E-state index contributed by atoms with van der Waals surface area (Å²) in [6, 6.07) is 5.73. The summed E-state index contributed by atoms with van der Waals surface area (Å²) in [6.45, 7) is 0. The molecule has 2 aliphatic rings. The monoisotopic (exact) mass is 282 g/mol. The van der Waals surface area contributed by atoms with Crippen molar-refractivity contribution in [3.05, 3.63) is 30.1 Å². The second-order valence-electron chi connectivity index (χ2n) is 4.24. The molecule has 18 heavy (non-hydrogen) atoms. The smallest absolute Gasteiger partial charge is 0.256 e. The molecule has 6 heteroatoms. The van der Waals surface area contributed by atoms with Gasteiger partial charge in [0.1, 0.15) is 11.9 Å². The van der Waals surface area contributed by atoms with Gasteiger partial charge in [0.25, 0.3) is 5.91 Å². The van der Waals surface area contributed by atoms with Crippen LogP contribution in [0.15, 0.2) is 24.3 Å². The van der Waals surface area contributed by atoms with Crippen LogP contribution < -0.4 is 4.90 Å². The Morgan fingerprint density at radius 2 is 2.06 bits per heavy atom. The van der Waals surface area contributed by atoms with E-state index in [0.29, 0.717) is 10.8 Å². The third kappa shape index (κ3) is 1.80. The average molecular weight is 282 g/mol. The van der Waals surface area contributed by atoms with Crippen LogP contribution in [0.2, 0.25) is 0 Å². The number of thiocarbonyl (C=S) groups is 1. The molecule has 3 rings (SSSR count). The van der Waals surface area contributed by atoms with Crippen molar-refractivity contribution in [2.24, 2.45) is 0 Å². The van der Waals surface area contributed by atoms with Gasteiger partial charge in [-0.2, -0.15) is 0 Å². The van der Waals surface area contributed by atoms with Gasteiger partial charge in [-0.05, 0) is 48.7 Å². The molecule has 2 heterocycles. The fourth-order valence-corrected chi connectivity index (χ4v) is 3.74. The van der Waals surface area contributed by atoms with Crippen LogP contribution >= 0.6 is 24.0 Å². The van der Waals surface area contributed by atoms with Crippen LogP contribution in [0.4, 0.5) is 10.1 Å². The van der Waals surface area contributed by atoms with E-state index < -0.39 is 0 Å². The lowest BCUT2D eigenvalue weighted by molar-refractivity contribution is -0.119. The van der Waals surface area contributed by atoms with Crippen molar-refractivity contribution in [1.82, 2.24) is 4.90 Å². The number of amides is 1.